The highest BCUT2D eigenvalue weighted by molar-refractivity contribution is 5.95. The van der Waals surface area contributed by atoms with Gasteiger partial charge < -0.3 is 4.74 Å². The fourth-order valence-electron chi connectivity index (χ4n) is 2.69. The van der Waals surface area contributed by atoms with Gasteiger partial charge in [-0.05, 0) is 28.8 Å². The van der Waals surface area contributed by atoms with Gasteiger partial charge in [0.2, 0.25) is 0 Å². The number of hydrogen-bond donors (Lipinski definition) is 0. The average molecular weight is 266 g/mol. The molecular formula is C18H18O2. The van der Waals surface area contributed by atoms with Crippen LogP contribution in [0.2, 0.25) is 0 Å². The second-order valence-electron chi connectivity index (χ2n) is 5.17. The van der Waals surface area contributed by atoms with Crippen LogP contribution in [-0.4, -0.2) is 5.97 Å². The van der Waals surface area contributed by atoms with Crippen LogP contribution >= 0.6 is 0 Å². The molecule has 1 atom stereocenters. The number of carbonyl (C=O) groups excluding carboxylic acids is 1. The summed E-state index contributed by atoms with van der Waals surface area (Å²) < 4.78 is 5.61. The Morgan fingerprint density at radius 3 is 2.80 bits per heavy atom. The van der Waals surface area contributed by atoms with Crippen LogP contribution in [0.3, 0.4) is 0 Å². The van der Waals surface area contributed by atoms with E-state index < -0.39 is 0 Å². The van der Waals surface area contributed by atoms with Gasteiger partial charge in [-0.25, -0.2) is 0 Å². The molecule has 3 rings (SSSR count). The number of carbonyl (C=O) groups is 1. The molecule has 0 fully saturated rings. The van der Waals surface area contributed by atoms with Gasteiger partial charge in [0.05, 0.1) is 0 Å². The first-order valence-electron chi connectivity index (χ1n) is 7.19. The monoisotopic (exact) mass is 266 g/mol. The Hall–Kier alpha value is -2.09. The standard InChI is InChI=1S/C18H18O2/c1-2-3-10-17(19)20-16-12-11-14-7-4-6-13-8-5-9-15(16)18(13)14/h4-9,11-12,16H,2-3,10H2,1H3. The van der Waals surface area contributed by atoms with Gasteiger partial charge in [0, 0.05) is 12.0 Å². The van der Waals surface area contributed by atoms with Crippen molar-refractivity contribution < 1.29 is 9.53 Å². The van der Waals surface area contributed by atoms with Gasteiger partial charge in [0.15, 0.2) is 0 Å². The summed E-state index contributed by atoms with van der Waals surface area (Å²) in [5, 5.41) is 2.39. The number of benzene rings is 2. The maximum absolute atomic E-state index is 11.8. The highest BCUT2D eigenvalue weighted by Crippen LogP contribution is 2.35. The summed E-state index contributed by atoms with van der Waals surface area (Å²) in [4.78, 5) is 11.8. The Morgan fingerprint density at radius 2 is 2.00 bits per heavy atom. The first-order valence-corrected chi connectivity index (χ1v) is 7.19. The number of rotatable bonds is 4. The summed E-state index contributed by atoms with van der Waals surface area (Å²) in [6, 6.07) is 12.4. The number of ether oxygens (including phenoxy) is 1. The second kappa shape index (κ2) is 5.49. The van der Waals surface area contributed by atoms with Crippen molar-refractivity contribution in [3.05, 3.63) is 53.6 Å². The van der Waals surface area contributed by atoms with E-state index in [1.807, 2.05) is 24.3 Å². The molecule has 1 aliphatic carbocycles. The summed E-state index contributed by atoms with van der Waals surface area (Å²) in [6.07, 6.45) is 6.16. The molecule has 2 heteroatoms. The minimum absolute atomic E-state index is 0.113. The fraction of sp³-hybridized carbons (Fsp3) is 0.278. The van der Waals surface area contributed by atoms with Gasteiger partial charge in [-0.3, -0.25) is 4.79 Å². The first kappa shape index (κ1) is 12.9. The minimum atomic E-state index is -0.252. The molecule has 0 aromatic heterocycles. The van der Waals surface area contributed by atoms with Gasteiger partial charge >= 0.3 is 5.97 Å². The Kier molecular flexibility index (Phi) is 3.55. The molecule has 0 spiro atoms. The summed E-state index contributed by atoms with van der Waals surface area (Å²) in [6.45, 7) is 2.07. The van der Waals surface area contributed by atoms with Gasteiger partial charge in [0.1, 0.15) is 6.10 Å². The molecule has 0 heterocycles. The lowest BCUT2D eigenvalue weighted by Crippen LogP contribution is -2.11. The van der Waals surface area contributed by atoms with Crippen molar-refractivity contribution in [3.8, 4) is 0 Å². The van der Waals surface area contributed by atoms with Crippen LogP contribution in [0, 0.1) is 0 Å². The first-order chi connectivity index (χ1) is 9.79. The van der Waals surface area contributed by atoms with Gasteiger partial charge in [-0.2, -0.15) is 0 Å². The van der Waals surface area contributed by atoms with E-state index in [2.05, 4.69) is 31.2 Å². The molecule has 20 heavy (non-hydrogen) atoms. The van der Waals surface area contributed by atoms with E-state index >= 15 is 0 Å². The maximum atomic E-state index is 11.8. The zero-order chi connectivity index (χ0) is 13.9. The third-order valence-corrected chi connectivity index (χ3v) is 3.72. The van der Waals surface area contributed by atoms with E-state index in [0.29, 0.717) is 6.42 Å². The predicted octanol–water partition coefficient (Wildman–Crippen LogP) is 4.64. The van der Waals surface area contributed by atoms with Gasteiger partial charge in [-0.15, -0.1) is 0 Å². The normalized spacial score (nSPS) is 16.4. The molecular weight excluding hydrogens is 248 g/mol. The van der Waals surface area contributed by atoms with Crippen LogP contribution in [0.15, 0.2) is 42.5 Å². The van der Waals surface area contributed by atoms with Crippen molar-refractivity contribution in [3.63, 3.8) is 0 Å². The van der Waals surface area contributed by atoms with Crippen molar-refractivity contribution in [1.29, 1.82) is 0 Å². The lowest BCUT2D eigenvalue weighted by atomic mass is 9.91. The molecule has 0 saturated heterocycles. The number of hydrogen-bond acceptors (Lipinski definition) is 2. The Bertz CT molecular complexity index is 665. The fourth-order valence-corrected chi connectivity index (χ4v) is 2.69. The van der Waals surface area contributed by atoms with E-state index in [9.17, 15) is 4.79 Å². The van der Waals surface area contributed by atoms with Gasteiger partial charge in [-0.1, -0.05) is 55.8 Å². The third kappa shape index (κ3) is 2.34. The molecule has 1 unspecified atom stereocenters. The van der Waals surface area contributed by atoms with Crippen LogP contribution in [0.1, 0.15) is 43.4 Å². The molecule has 0 aliphatic heterocycles. The van der Waals surface area contributed by atoms with E-state index in [1.165, 1.54) is 16.3 Å². The molecule has 1 aliphatic rings. The predicted molar refractivity (Wildman–Crippen MR) is 81.3 cm³/mol. The van der Waals surface area contributed by atoms with E-state index in [1.54, 1.807) is 0 Å². The summed E-state index contributed by atoms with van der Waals surface area (Å²) >= 11 is 0. The molecule has 2 aromatic carbocycles. The Morgan fingerprint density at radius 1 is 1.20 bits per heavy atom. The lowest BCUT2D eigenvalue weighted by Gasteiger charge is -2.21. The van der Waals surface area contributed by atoms with Crippen LogP contribution in [0.5, 0.6) is 0 Å². The summed E-state index contributed by atoms with van der Waals surface area (Å²) in [5.74, 6) is -0.113. The molecule has 0 amide bonds. The average Bonchev–Trinajstić information content (AvgIpc) is 2.48. The molecule has 0 bridgehead atoms. The SMILES string of the molecule is CCCCC(=O)OC1C=Cc2cccc3cccc1c23. The van der Waals surface area contributed by atoms with Crippen LogP contribution in [0.4, 0.5) is 0 Å². The zero-order valence-electron chi connectivity index (χ0n) is 11.6. The summed E-state index contributed by atoms with van der Waals surface area (Å²) in [5.41, 5.74) is 2.28. The van der Waals surface area contributed by atoms with Crippen molar-refractivity contribution in [2.24, 2.45) is 0 Å². The van der Waals surface area contributed by atoms with Crippen LogP contribution in [0.25, 0.3) is 16.8 Å². The van der Waals surface area contributed by atoms with Crippen LogP contribution < -0.4 is 0 Å². The van der Waals surface area contributed by atoms with Crippen molar-refractivity contribution >= 4 is 22.8 Å². The minimum Gasteiger partial charge on any atom is -0.453 e. The molecule has 0 saturated carbocycles. The van der Waals surface area contributed by atoms with Crippen molar-refractivity contribution in [2.45, 2.75) is 32.3 Å². The largest absolute Gasteiger partial charge is 0.453 e. The quantitative estimate of drug-likeness (QED) is 0.753. The third-order valence-electron chi connectivity index (χ3n) is 3.72. The van der Waals surface area contributed by atoms with E-state index in [-0.39, 0.29) is 12.1 Å². The Balaban J connectivity index is 1.92. The summed E-state index contributed by atoms with van der Waals surface area (Å²) in [7, 11) is 0. The smallest absolute Gasteiger partial charge is 0.306 e. The number of esters is 1. The van der Waals surface area contributed by atoms with Crippen LogP contribution in [-0.2, 0) is 9.53 Å². The molecule has 102 valence electrons. The lowest BCUT2D eigenvalue weighted by molar-refractivity contribution is -0.147. The van der Waals surface area contributed by atoms with Gasteiger partial charge in [0.25, 0.3) is 0 Å². The molecule has 0 N–H and O–H groups in total. The molecule has 2 aromatic rings. The van der Waals surface area contributed by atoms with Crippen molar-refractivity contribution in [2.75, 3.05) is 0 Å². The highest BCUT2D eigenvalue weighted by atomic mass is 16.5. The Labute approximate surface area is 119 Å². The highest BCUT2D eigenvalue weighted by Gasteiger charge is 2.20. The maximum Gasteiger partial charge on any atom is 0.306 e. The van der Waals surface area contributed by atoms with E-state index in [4.69, 9.17) is 4.74 Å². The molecule has 2 nitrogen and oxygen atoms in total. The zero-order valence-corrected chi connectivity index (χ0v) is 11.6. The molecule has 0 radical (unpaired) electrons. The number of unbranched alkanes of at least 4 members (excludes halogenated alkanes) is 1. The topological polar surface area (TPSA) is 26.3 Å². The van der Waals surface area contributed by atoms with Crippen molar-refractivity contribution in [1.82, 2.24) is 0 Å². The second-order valence-corrected chi connectivity index (χ2v) is 5.17. The van der Waals surface area contributed by atoms with E-state index in [0.717, 1.165) is 18.4 Å².